The van der Waals surface area contributed by atoms with Crippen molar-refractivity contribution in [1.82, 2.24) is 4.98 Å². The first-order valence-electron chi connectivity index (χ1n) is 7.69. The number of aromatic nitrogens is 1. The molecule has 126 valence electrons. The normalized spacial score (nSPS) is 19.7. The molecule has 1 aliphatic heterocycles. The molecule has 0 radical (unpaired) electrons. The van der Waals surface area contributed by atoms with Crippen molar-refractivity contribution in [3.63, 3.8) is 0 Å². The van der Waals surface area contributed by atoms with Gasteiger partial charge in [-0.05, 0) is 24.1 Å². The molecule has 0 aliphatic carbocycles. The first kappa shape index (κ1) is 16.2. The van der Waals surface area contributed by atoms with E-state index in [4.69, 9.17) is 9.47 Å². The van der Waals surface area contributed by atoms with Crippen molar-refractivity contribution in [3.8, 4) is 11.5 Å². The third-order valence-corrected chi connectivity index (χ3v) is 3.87. The number of rotatable bonds is 4. The van der Waals surface area contributed by atoms with E-state index in [-0.39, 0.29) is 5.56 Å². The molecule has 0 unspecified atom stereocenters. The standard InChI is InChI=1S/C18H19FN2O3/c1-11(2)13-6-5-7-14-16(13)24-18(3,23-14)15-9-8-12(10-20-15)17(19)21-22-4/h5-11H,1-4H3/b21-17-/t18-/m0/s1. The number of pyridine rings is 1. The van der Waals surface area contributed by atoms with Crippen LogP contribution in [-0.2, 0) is 10.6 Å². The maximum Gasteiger partial charge on any atom is 0.292 e. The van der Waals surface area contributed by atoms with Gasteiger partial charge in [0.25, 0.3) is 11.8 Å². The van der Waals surface area contributed by atoms with Gasteiger partial charge in [-0.2, -0.15) is 4.39 Å². The molecule has 1 aromatic heterocycles. The largest absolute Gasteiger partial charge is 0.443 e. The summed E-state index contributed by atoms with van der Waals surface area (Å²) in [6.45, 7) is 5.98. The van der Waals surface area contributed by atoms with Crippen LogP contribution in [0.5, 0.6) is 11.5 Å². The average molecular weight is 330 g/mol. The van der Waals surface area contributed by atoms with Crippen LogP contribution < -0.4 is 9.47 Å². The van der Waals surface area contributed by atoms with Gasteiger partial charge in [-0.1, -0.05) is 31.1 Å². The number of nitrogens with zero attached hydrogens (tertiary/aromatic N) is 2. The summed E-state index contributed by atoms with van der Waals surface area (Å²) in [6, 6.07) is 9.04. The molecule has 0 fully saturated rings. The van der Waals surface area contributed by atoms with Gasteiger partial charge in [0.1, 0.15) is 12.8 Å². The highest BCUT2D eigenvalue weighted by molar-refractivity contribution is 5.92. The fourth-order valence-electron chi connectivity index (χ4n) is 2.62. The van der Waals surface area contributed by atoms with Crippen LogP contribution in [0.15, 0.2) is 41.7 Å². The van der Waals surface area contributed by atoms with Crippen molar-refractivity contribution in [2.24, 2.45) is 5.16 Å². The third-order valence-electron chi connectivity index (χ3n) is 3.87. The summed E-state index contributed by atoms with van der Waals surface area (Å²) in [6.07, 6.45) is 1.37. The van der Waals surface area contributed by atoms with Crippen LogP contribution in [0.4, 0.5) is 4.39 Å². The zero-order chi connectivity index (χ0) is 17.3. The molecule has 0 saturated carbocycles. The second-order valence-corrected chi connectivity index (χ2v) is 5.98. The SMILES string of the molecule is CO/N=C(\F)c1ccc([C@@]2(C)Oc3cccc(C(C)C)c3O2)nc1. The Morgan fingerprint density at radius 2 is 2.04 bits per heavy atom. The maximum atomic E-state index is 13.6. The van der Waals surface area contributed by atoms with Gasteiger partial charge in [-0.15, -0.1) is 0 Å². The second-order valence-electron chi connectivity index (χ2n) is 5.98. The number of hydrogen-bond donors (Lipinski definition) is 0. The molecular formula is C18H19FN2O3. The van der Waals surface area contributed by atoms with E-state index in [9.17, 15) is 4.39 Å². The van der Waals surface area contributed by atoms with E-state index in [1.54, 1.807) is 19.1 Å². The molecule has 0 amide bonds. The molecule has 0 saturated heterocycles. The highest BCUT2D eigenvalue weighted by Crippen LogP contribution is 2.47. The summed E-state index contributed by atoms with van der Waals surface area (Å²) in [5.41, 5.74) is 1.84. The molecule has 0 bridgehead atoms. The van der Waals surface area contributed by atoms with Crippen LogP contribution in [0.3, 0.4) is 0 Å². The van der Waals surface area contributed by atoms with Crippen molar-refractivity contribution in [2.75, 3.05) is 7.11 Å². The molecule has 24 heavy (non-hydrogen) atoms. The third kappa shape index (κ3) is 2.79. The van der Waals surface area contributed by atoms with E-state index in [0.717, 1.165) is 11.3 Å². The summed E-state index contributed by atoms with van der Waals surface area (Å²) in [5, 5.41) is 3.25. The van der Waals surface area contributed by atoms with Gasteiger partial charge < -0.3 is 14.3 Å². The number of halogens is 1. The highest BCUT2D eigenvalue weighted by Gasteiger charge is 2.41. The molecular weight excluding hydrogens is 311 g/mol. The number of benzene rings is 1. The molecule has 0 spiro atoms. The summed E-state index contributed by atoms with van der Waals surface area (Å²) in [5.74, 6) is -0.0728. The summed E-state index contributed by atoms with van der Waals surface area (Å²) < 4.78 is 25.7. The van der Waals surface area contributed by atoms with Crippen LogP contribution in [0, 0.1) is 0 Å². The summed E-state index contributed by atoms with van der Waals surface area (Å²) >= 11 is 0. The lowest BCUT2D eigenvalue weighted by atomic mass is 10.0. The van der Waals surface area contributed by atoms with E-state index in [2.05, 4.69) is 28.8 Å². The topological polar surface area (TPSA) is 52.9 Å². The van der Waals surface area contributed by atoms with E-state index < -0.39 is 11.8 Å². The Hall–Kier alpha value is -2.63. The van der Waals surface area contributed by atoms with Gasteiger partial charge >= 0.3 is 0 Å². The monoisotopic (exact) mass is 330 g/mol. The van der Waals surface area contributed by atoms with Gasteiger partial charge in [-0.25, -0.2) is 0 Å². The lowest BCUT2D eigenvalue weighted by Crippen LogP contribution is -2.32. The minimum absolute atomic E-state index is 0.225. The van der Waals surface area contributed by atoms with Gasteiger partial charge in [0, 0.05) is 18.7 Å². The Balaban J connectivity index is 1.91. The van der Waals surface area contributed by atoms with Gasteiger partial charge in [0.05, 0.1) is 5.56 Å². The molecule has 5 nitrogen and oxygen atoms in total. The van der Waals surface area contributed by atoms with Crippen LogP contribution in [0.2, 0.25) is 0 Å². The Morgan fingerprint density at radius 3 is 2.67 bits per heavy atom. The molecule has 1 aliphatic rings. The van der Waals surface area contributed by atoms with Crippen molar-refractivity contribution < 1.29 is 18.7 Å². The summed E-state index contributed by atoms with van der Waals surface area (Å²) in [7, 11) is 1.28. The van der Waals surface area contributed by atoms with Crippen molar-refractivity contribution in [1.29, 1.82) is 0 Å². The molecule has 0 N–H and O–H groups in total. The number of oxime groups is 1. The first-order valence-corrected chi connectivity index (χ1v) is 7.69. The minimum atomic E-state index is -1.05. The second kappa shape index (κ2) is 6.11. The van der Waals surface area contributed by atoms with Crippen LogP contribution in [0.1, 0.15) is 43.5 Å². The Kier molecular flexibility index (Phi) is 4.13. The number of hydrogen-bond acceptors (Lipinski definition) is 5. The smallest absolute Gasteiger partial charge is 0.292 e. The molecule has 2 aromatic rings. The Bertz CT molecular complexity index is 774. The average Bonchev–Trinajstić information content (AvgIpc) is 2.92. The van der Waals surface area contributed by atoms with E-state index in [1.165, 1.54) is 13.3 Å². The van der Waals surface area contributed by atoms with Crippen molar-refractivity contribution in [3.05, 3.63) is 53.3 Å². The maximum absolute atomic E-state index is 13.6. The quantitative estimate of drug-likeness (QED) is 0.625. The lowest BCUT2D eigenvalue weighted by Gasteiger charge is -2.22. The predicted molar refractivity (Wildman–Crippen MR) is 88.0 cm³/mol. The predicted octanol–water partition coefficient (Wildman–Crippen LogP) is 4.13. The number of fused-ring (bicyclic) bond motifs is 1. The van der Waals surface area contributed by atoms with E-state index in [0.29, 0.717) is 17.4 Å². The van der Waals surface area contributed by atoms with Gasteiger partial charge in [0.15, 0.2) is 11.5 Å². The highest BCUT2D eigenvalue weighted by atomic mass is 19.1. The van der Waals surface area contributed by atoms with Crippen LogP contribution >= 0.6 is 0 Å². The van der Waals surface area contributed by atoms with Crippen molar-refractivity contribution >= 4 is 5.97 Å². The van der Waals surface area contributed by atoms with E-state index in [1.807, 2.05) is 18.2 Å². The fourth-order valence-corrected chi connectivity index (χ4v) is 2.62. The van der Waals surface area contributed by atoms with Crippen LogP contribution in [-0.4, -0.2) is 18.1 Å². The minimum Gasteiger partial charge on any atom is -0.443 e. The molecule has 1 aromatic carbocycles. The first-order chi connectivity index (χ1) is 11.4. The van der Waals surface area contributed by atoms with Crippen molar-refractivity contribution in [2.45, 2.75) is 32.5 Å². The Morgan fingerprint density at radius 1 is 1.25 bits per heavy atom. The molecule has 6 heteroatoms. The zero-order valence-corrected chi connectivity index (χ0v) is 14.0. The molecule has 3 rings (SSSR count). The number of ether oxygens (including phenoxy) is 2. The zero-order valence-electron chi connectivity index (χ0n) is 14.0. The number of para-hydroxylation sites is 1. The molecule has 2 heterocycles. The molecule has 1 atom stereocenters. The van der Waals surface area contributed by atoms with Crippen LogP contribution in [0.25, 0.3) is 0 Å². The van der Waals surface area contributed by atoms with Gasteiger partial charge in [-0.3, -0.25) is 4.98 Å². The Labute approximate surface area is 140 Å². The summed E-state index contributed by atoms with van der Waals surface area (Å²) in [4.78, 5) is 8.69. The lowest BCUT2D eigenvalue weighted by molar-refractivity contribution is -0.0721. The van der Waals surface area contributed by atoms with Gasteiger partial charge in [0.2, 0.25) is 0 Å². The fraction of sp³-hybridized carbons (Fsp3) is 0.333. The van der Waals surface area contributed by atoms with E-state index >= 15 is 0 Å².